The molecule has 140 valence electrons. The second kappa shape index (κ2) is 6.61. The van der Waals surface area contributed by atoms with E-state index >= 15 is 0 Å². The first-order chi connectivity index (χ1) is 12.9. The van der Waals surface area contributed by atoms with Gasteiger partial charge in [0.15, 0.2) is 0 Å². The van der Waals surface area contributed by atoms with Gasteiger partial charge < -0.3 is 5.32 Å². The summed E-state index contributed by atoms with van der Waals surface area (Å²) in [5.41, 5.74) is 1.22. The van der Waals surface area contributed by atoms with Crippen molar-refractivity contribution in [2.75, 3.05) is 5.32 Å². The zero-order valence-electron chi connectivity index (χ0n) is 14.6. The molecule has 4 rings (SSSR count). The molecule has 1 saturated heterocycles. The molecule has 1 aromatic rings. The predicted octanol–water partition coefficient (Wildman–Crippen LogP) is 1.01. The number of nitrogens with one attached hydrogen (secondary N) is 2. The molecule has 0 aromatic heterocycles. The number of hydrogen-bond donors (Lipinski definition) is 2. The summed E-state index contributed by atoms with van der Waals surface area (Å²) >= 11 is 0. The van der Waals surface area contributed by atoms with Crippen LogP contribution in [0.2, 0.25) is 0 Å². The van der Waals surface area contributed by atoms with Crippen LogP contribution < -0.4 is 10.6 Å². The van der Waals surface area contributed by atoms with Crippen LogP contribution in [-0.4, -0.2) is 46.4 Å². The van der Waals surface area contributed by atoms with Crippen molar-refractivity contribution >= 4 is 35.1 Å². The number of rotatable bonds is 3. The molecule has 3 aliphatic rings. The number of imide groups is 2. The summed E-state index contributed by atoms with van der Waals surface area (Å²) < 4.78 is 0. The monoisotopic (exact) mass is 369 g/mol. The zero-order chi connectivity index (χ0) is 19.1. The van der Waals surface area contributed by atoms with Gasteiger partial charge in [-0.2, -0.15) is 0 Å². The lowest BCUT2D eigenvalue weighted by Gasteiger charge is -2.27. The topological polar surface area (TPSA) is 113 Å². The van der Waals surface area contributed by atoms with Crippen LogP contribution in [0.4, 0.5) is 5.69 Å². The summed E-state index contributed by atoms with van der Waals surface area (Å²) in [4.78, 5) is 61.1. The number of carbonyl (C=O) groups is 5. The number of benzene rings is 1. The van der Waals surface area contributed by atoms with E-state index in [0.29, 0.717) is 18.5 Å². The number of Topliss-reactive ketones (excluding diaryl/α,β-unsaturated/α-hetero) is 1. The average Bonchev–Trinajstić information content (AvgIpc) is 2.88. The van der Waals surface area contributed by atoms with Crippen LogP contribution in [0.3, 0.4) is 0 Å². The molecule has 27 heavy (non-hydrogen) atoms. The highest BCUT2D eigenvalue weighted by atomic mass is 16.2. The molecule has 2 aliphatic heterocycles. The lowest BCUT2D eigenvalue weighted by atomic mass is 9.94. The number of piperidine rings is 1. The van der Waals surface area contributed by atoms with Crippen LogP contribution in [0.5, 0.6) is 0 Å². The standard InChI is InChI=1S/C19H19N3O5/c23-12-4-1-10(2-5-12)20-11-3-6-13-14(9-11)19(27)22(18(13)26)15-7-8-16(24)21-17(15)25/h3,6,9-10,15,20H,1-2,4-5,7-8H2,(H,21,24,25). The fraction of sp³-hybridized carbons (Fsp3) is 0.421. The Bertz CT molecular complexity index is 868. The quantitative estimate of drug-likeness (QED) is 0.769. The van der Waals surface area contributed by atoms with Crippen molar-refractivity contribution in [2.24, 2.45) is 0 Å². The summed E-state index contributed by atoms with van der Waals surface area (Å²) in [5, 5.41) is 5.50. The summed E-state index contributed by atoms with van der Waals surface area (Å²) in [5.74, 6) is -1.79. The minimum Gasteiger partial charge on any atom is -0.382 e. The van der Waals surface area contributed by atoms with Gasteiger partial charge in [-0.3, -0.25) is 34.2 Å². The van der Waals surface area contributed by atoms with Crippen LogP contribution in [0.15, 0.2) is 18.2 Å². The molecule has 1 atom stereocenters. The number of ketones is 1. The molecule has 4 amide bonds. The van der Waals surface area contributed by atoms with Crippen molar-refractivity contribution in [1.82, 2.24) is 10.2 Å². The minimum absolute atomic E-state index is 0.0943. The van der Waals surface area contributed by atoms with Gasteiger partial charge >= 0.3 is 0 Å². The molecule has 1 aromatic carbocycles. The number of nitrogens with zero attached hydrogens (tertiary/aromatic N) is 1. The lowest BCUT2D eigenvalue weighted by Crippen LogP contribution is -2.54. The third-order valence-corrected chi connectivity index (χ3v) is 5.35. The van der Waals surface area contributed by atoms with Crippen molar-refractivity contribution in [3.8, 4) is 0 Å². The predicted molar refractivity (Wildman–Crippen MR) is 94.0 cm³/mol. The molecule has 1 unspecified atom stereocenters. The van der Waals surface area contributed by atoms with E-state index in [9.17, 15) is 24.0 Å². The van der Waals surface area contributed by atoms with Crippen LogP contribution >= 0.6 is 0 Å². The van der Waals surface area contributed by atoms with Crippen molar-refractivity contribution in [2.45, 2.75) is 50.6 Å². The van der Waals surface area contributed by atoms with Crippen molar-refractivity contribution in [1.29, 1.82) is 0 Å². The Morgan fingerprint density at radius 3 is 2.30 bits per heavy atom. The van der Waals surface area contributed by atoms with Crippen molar-refractivity contribution < 1.29 is 24.0 Å². The molecule has 8 heteroatoms. The summed E-state index contributed by atoms with van der Waals surface area (Å²) in [6.07, 6.45) is 2.80. The summed E-state index contributed by atoms with van der Waals surface area (Å²) in [6, 6.07) is 4.12. The number of anilines is 1. The first-order valence-corrected chi connectivity index (χ1v) is 9.08. The van der Waals surface area contributed by atoms with E-state index in [0.717, 1.165) is 17.7 Å². The number of hydrogen-bond acceptors (Lipinski definition) is 6. The molecule has 1 aliphatic carbocycles. The first-order valence-electron chi connectivity index (χ1n) is 9.08. The maximum Gasteiger partial charge on any atom is 0.262 e. The maximum absolute atomic E-state index is 12.8. The Morgan fingerprint density at radius 1 is 0.889 bits per heavy atom. The molecule has 2 N–H and O–H groups in total. The molecule has 8 nitrogen and oxygen atoms in total. The van der Waals surface area contributed by atoms with Crippen LogP contribution in [0, 0.1) is 0 Å². The SMILES string of the molecule is O=C1CCC(Nc2ccc3c(c2)C(=O)N(C2CCC(=O)NC2=O)C3=O)CC1. The van der Waals surface area contributed by atoms with Gasteiger partial charge in [0.1, 0.15) is 11.8 Å². The zero-order valence-corrected chi connectivity index (χ0v) is 14.6. The van der Waals surface area contributed by atoms with Crippen LogP contribution in [-0.2, 0) is 14.4 Å². The maximum atomic E-state index is 12.8. The Kier molecular flexibility index (Phi) is 4.25. The van der Waals surface area contributed by atoms with E-state index in [1.54, 1.807) is 18.2 Å². The van der Waals surface area contributed by atoms with Gasteiger partial charge in [-0.05, 0) is 37.5 Å². The van der Waals surface area contributed by atoms with Crippen molar-refractivity contribution in [3.63, 3.8) is 0 Å². The Balaban J connectivity index is 1.54. The van der Waals surface area contributed by atoms with Gasteiger partial charge in [0.05, 0.1) is 11.1 Å². The molecule has 0 radical (unpaired) electrons. The molecule has 1 saturated carbocycles. The van der Waals surface area contributed by atoms with Gasteiger partial charge in [-0.1, -0.05) is 0 Å². The highest BCUT2D eigenvalue weighted by Crippen LogP contribution is 2.30. The lowest BCUT2D eigenvalue weighted by molar-refractivity contribution is -0.136. The van der Waals surface area contributed by atoms with Gasteiger partial charge in [-0.15, -0.1) is 0 Å². The van der Waals surface area contributed by atoms with E-state index in [4.69, 9.17) is 0 Å². The fourth-order valence-electron chi connectivity index (χ4n) is 3.88. The summed E-state index contributed by atoms with van der Waals surface area (Å²) in [7, 11) is 0. The Morgan fingerprint density at radius 2 is 1.59 bits per heavy atom. The van der Waals surface area contributed by atoms with E-state index < -0.39 is 29.7 Å². The van der Waals surface area contributed by atoms with Gasteiger partial charge in [0, 0.05) is 31.0 Å². The molecular weight excluding hydrogens is 350 g/mol. The third kappa shape index (κ3) is 3.11. The van der Waals surface area contributed by atoms with E-state index in [-0.39, 0.29) is 35.8 Å². The third-order valence-electron chi connectivity index (χ3n) is 5.35. The number of carbonyl (C=O) groups excluding carboxylic acids is 5. The summed E-state index contributed by atoms with van der Waals surface area (Å²) in [6.45, 7) is 0. The molecule has 0 bridgehead atoms. The smallest absolute Gasteiger partial charge is 0.262 e. The second-order valence-corrected chi connectivity index (χ2v) is 7.16. The molecule has 2 fully saturated rings. The number of amides is 4. The number of fused-ring (bicyclic) bond motifs is 1. The van der Waals surface area contributed by atoms with Gasteiger partial charge in [0.25, 0.3) is 11.8 Å². The Labute approximate surface area is 155 Å². The van der Waals surface area contributed by atoms with Gasteiger partial charge in [0.2, 0.25) is 11.8 Å². The largest absolute Gasteiger partial charge is 0.382 e. The van der Waals surface area contributed by atoms with Crippen LogP contribution in [0.1, 0.15) is 59.2 Å². The van der Waals surface area contributed by atoms with E-state index in [1.165, 1.54) is 0 Å². The average molecular weight is 369 g/mol. The second-order valence-electron chi connectivity index (χ2n) is 7.16. The van der Waals surface area contributed by atoms with E-state index in [2.05, 4.69) is 10.6 Å². The molecular formula is C19H19N3O5. The minimum atomic E-state index is -0.962. The highest BCUT2D eigenvalue weighted by Gasteiger charge is 2.44. The van der Waals surface area contributed by atoms with Crippen molar-refractivity contribution in [3.05, 3.63) is 29.3 Å². The normalized spacial score (nSPS) is 23.5. The molecule has 0 spiro atoms. The fourth-order valence-corrected chi connectivity index (χ4v) is 3.88. The van der Waals surface area contributed by atoms with Gasteiger partial charge in [-0.25, -0.2) is 0 Å². The highest BCUT2D eigenvalue weighted by molar-refractivity contribution is 6.23. The first kappa shape index (κ1) is 17.4. The van der Waals surface area contributed by atoms with E-state index in [1.807, 2.05) is 0 Å². The van der Waals surface area contributed by atoms with Crippen LogP contribution in [0.25, 0.3) is 0 Å². The molecule has 2 heterocycles. The Hall–Kier alpha value is -3.03.